The first-order chi connectivity index (χ1) is 10.1. The van der Waals surface area contributed by atoms with Gasteiger partial charge in [-0.2, -0.15) is 0 Å². The minimum atomic E-state index is -1.03. The highest BCUT2D eigenvalue weighted by atomic mass is 19.1. The highest BCUT2D eigenvalue weighted by molar-refractivity contribution is 6.39. The Labute approximate surface area is 119 Å². The summed E-state index contributed by atoms with van der Waals surface area (Å²) in [6.07, 6.45) is 3.10. The highest BCUT2D eigenvalue weighted by Crippen LogP contribution is 2.14. The lowest BCUT2D eigenvalue weighted by atomic mass is 10.2. The zero-order valence-corrected chi connectivity index (χ0v) is 10.8. The van der Waals surface area contributed by atoms with Gasteiger partial charge in [0.25, 0.3) is 0 Å². The second-order valence-electron chi connectivity index (χ2n) is 4.12. The Morgan fingerprint density at radius 1 is 1.05 bits per heavy atom. The fourth-order valence-corrected chi connectivity index (χ4v) is 1.53. The first-order valence-corrected chi connectivity index (χ1v) is 5.99. The fraction of sp³-hybridized carbons (Fsp3) is 0.0714. The summed E-state index contributed by atoms with van der Waals surface area (Å²) in [5.74, 6) is -3.68. The topological polar surface area (TPSA) is 71.1 Å². The summed E-state index contributed by atoms with van der Waals surface area (Å²) >= 11 is 0. The van der Waals surface area contributed by atoms with Crippen molar-refractivity contribution in [3.8, 4) is 0 Å². The number of halogens is 2. The Morgan fingerprint density at radius 3 is 2.43 bits per heavy atom. The van der Waals surface area contributed by atoms with Crippen molar-refractivity contribution in [1.82, 2.24) is 10.3 Å². The van der Waals surface area contributed by atoms with Gasteiger partial charge >= 0.3 is 11.8 Å². The van der Waals surface area contributed by atoms with E-state index in [4.69, 9.17) is 0 Å². The normalized spacial score (nSPS) is 10.0. The standard InChI is InChI=1S/C14H11F2N3O2/c15-10-1-2-12(11(16)7-10)19-14(21)13(20)18-8-9-3-5-17-6-4-9/h1-7H,8H2,(H,18,20)(H,19,21). The van der Waals surface area contributed by atoms with Crippen LogP contribution in [0.15, 0.2) is 42.7 Å². The van der Waals surface area contributed by atoms with E-state index in [2.05, 4.69) is 15.6 Å². The third kappa shape index (κ3) is 4.07. The third-order valence-corrected chi connectivity index (χ3v) is 2.59. The predicted octanol–water partition coefficient (Wildman–Crippen LogP) is 1.61. The van der Waals surface area contributed by atoms with Crippen LogP contribution in [-0.4, -0.2) is 16.8 Å². The van der Waals surface area contributed by atoms with Crippen LogP contribution in [0.25, 0.3) is 0 Å². The molecule has 0 spiro atoms. The monoisotopic (exact) mass is 291 g/mol. The molecule has 0 aliphatic heterocycles. The molecule has 7 heteroatoms. The molecule has 0 bridgehead atoms. The largest absolute Gasteiger partial charge is 0.344 e. The van der Waals surface area contributed by atoms with E-state index in [0.29, 0.717) is 6.07 Å². The van der Waals surface area contributed by atoms with E-state index >= 15 is 0 Å². The molecule has 21 heavy (non-hydrogen) atoms. The van der Waals surface area contributed by atoms with Crippen LogP contribution >= 0.6 is 0 Å². The number of carbonyl (C=O) groups is 2. The minimum absolute atomic E-state index is 0.140. The number of anilines is 1. The molecule has 1 heterocycles. The van der Waals surface area contributed by atoms with E-state index in [1.807, 2.05) is 0 Å². The molecule has 0 fully saturated rings. The highest BCUT2D eigenvalue weighted by Gasteiger charge is 2.15. The molecule has 0 saturated heterocycles. The van der Waals surface area contributed by atoms with Gasteiger partial charge in [-0.1, -0.05) is 0 Å². The molecule has 108 valence electrons. The SMILES string of the molecule is O=C(NCc1ccncc1)C(=O)Nc1ccc(F)cc1F. The molecule has 0 aliphatic rings. The van der Waals surface area contributed by atoms with E-state index in [1.54, 1.807) is 24.5 Å². The van der Waals surface area contributed by atoms with Gasteiger partial charge in [0.2, 0.25) is 0 Å². The third-order valence-electron chi connectivity index (χ3n) is 2.59. The van der Waals surface area contributed by atoms with E-state index < -0.39 is 23.4 Å². The molecule has 1 aromatic heterocycles. The van der Waals surface area contributed by atoms with Gasteiger partial charge in [-0.3, -0.25) is 14.6 Å². The zero-order chi connectivity index (χ0) is 15.2. The smallest absolute Gasteiger partial charge is 0.313 e. The van der Waals surface area contributed by atoms with E-state index in [-0.39, 0.29) is 12.2 Å². The van der Waals surface area contributed by atoms with E-state index in [9.17, 15) is 18.4 Å². The van der Waals surface area contributed by atoms with Crippen molar-refractivity contribution in [3.05, 3.63) is 59.9 Å². The lowest BCUT2D eigenvalue weighted by Crippen LogP contribution is -2.35. The maximum atomic E-state index is 13.3. The molecule has 5 nitrogen and oxygen atoms in total. The molecular formula is C14H11F2N3O2. The minimum Gasteiger partial charge on any atom is -0.344 e. The Kier molecular flexibility index (Phi) is 4.55. The second-order valence-corrected chi connectivity index (χ2v) is 4.12. The molecule has 0 radical (unpaired) electrons. The van der Waals surface area contributed by atoms with Crippen LogP contribution in [0, 0.1) is 11.6 Å². The maximum Gasteiger partial charge on any atom is 0.313 e. The van der Waals surface area contributed by atoms with Crippen LogP contribution in [0.3, 0.4) is 0 Å². The number of hydrogen-bond acceptors (Lipinski definition) is 3. The maximum absolute atomic E-state index is 13.3. The molecule has 2 amide bonds. The molecule has 1 aromatic carbocycles. The zero-order valence-electron chi connectivity index (χ0n) is 10.8. The van der Waals surface area contributed by atoms with Crippen LogP contribution in [-0.2, 0) is 16.1 Å². The van der Waals surface area contributed by atoms with Crippen molar-refractivity contribution in [2.75, 3.05) is 5.32 Å². The predicted molar refractivity (Wildman–Crippen MR) is 71.1 cm³/mol. The lowest BCUT2D eigenvalue weighted by Gasteiger charge is -2.07. The summed E-state index contributed by atoms with van der Waals surface area (Å²) in [4.78, 5) is 27.0. The number of pyridine rings is 1. The number of hydrogen-bond donors (Lipinski definition) is 2. The molecule has 2 rings (SSSR count). The van der Waals surface area contributed by atoms with E-state index in [0.717, 1.165) is 17.7 Å². The van der Waals surface area contributed by atoms with Crippen LogP contribution in [0.1, 0.15) is 5.56 Å². The van der Waals surface area contributed by atoms with Crippen molar-refractivity contribution in [1.29, 1.82) is 0 Å². The summed E-state index contributed by atoms with van der Waals surface area (Å²) < 4.78 is 26.0. The number of nitrogens with one attached hydrogen (secondary N) is 2. The molecule has 0 saturated carbocycles. The van der Waals surface area contributed by atoms with Gasteiger partial charge in [-0.15, -0.1) is 0 Å². The Balaban J connectivity index is 1.92. The summed E-state index contributed by atoms with van der Waals surface area (Å²) in [6, 6.07) is 5.99. The van der Waals surface area contributed by atoms with Crippen LogP contribution in [0.2, 0.25) is 0 Å². The van der Waals surface area contributed by atoms with Crippen molar-refractivity contribution >= 4 is 17.5 Å². The second kappa shape index (κ2) is 6.56. The first-order valence-electron chi connectivity index (χ1n) is 5.99. The van der Waals surface area contributed by atoms with Crippen LogP contribution in [0.4, 0.5) is 14.5 Å². The van der Waals surface area contributed by atoms with Gasteiger partial charge in [0, 0.05) is 25.0 Å². The van der Waals surface area contributed by atoms with Crippen LogP contribution in [0.5, 0.6) is 0 Å². The summed E-state index contributed by atoms with van der Waals surface area (Å²) in [5, 5.41) is 4.44. The molecule has 0 unspecified atom stereocenters. The number of rotatable bonds is 3. The quantitative estimate of drug-likeness (QED) is 0.844. The molecular weight excluding hydrogens is 280 g/mol. The number of nitrogens with zero attached hydrogens (tertiary/aromatic N) is 1. The van der Waals surface area contributed by atoms with Gasteiger partial charge in [-0.05, 0) is 29.8 Å². The Bertz CT molecular complexity index is 663. The van der Waals surface area contributed by atoms with Crippen molar-refractivity contribution in [2.24, 2.45) is 0 Å². The number of aromatic nitrogens is 1. The summed E-state index contributed by atoms with van der Waals surface area (Å²) in [7, 11) is 0. The molecule has 2 aromatic rings. The Hall–Kier alpha value is -2.83. The van der Waals surface area contributed by atoms with Crippen molar-refractivity contribution in [2.45, 2.75) is 6.54 Å². The van der Waals surface area contributed by atoms with Gasteiger partial charge in [-0.25, -0.2) is 8.78 Å². The first kappa shape index (κ1) is 14.6. The number of benzene rings is 1. The Morgan fingerprint density at radius 2 is 1.76 bits per heavy atom. The lowest BCUT2D eigenvalue weighted by molar-refractivity contribution is -0.136. The van der Waals surface area contributed by atoms with Gasteiger partial charge in [0.15, 0.2) is 0 Å². The average molecular weight is 291 g/mol. The van der Waals surface area contributed by atoms with Gasteiger partial charge in [0.1, 0.15) is 11.6 Å². The van der Waals surface area contributed by atoms with Gasteiger partial charge < -0.3 is 10.6 Å². The molecule has 0 atom stereocenters. The molecule has 2 N–H and O–H groups in total. The van der Waals surface area contributed by atoms with Crippen molar-refractivity contribution < 1.29 is 18.4 Å². The number of amides is 2. The molecule has 0 aliphatic carbocycles. The van der Waals surface area contributed by atoms with Gasteiger partial charge in [0.05, 0.1) is 5.69 Å². The van der Waals surface area contributed by atoms with Crippen molar-refractivity contribution in [3.63, 3.8) is 0 Å². The summed E-state index contributed by atoms with van der Waals surface area (Å²) in [6.45, 7) is 0.140. The van der Waals surface area contributed by atoms with E-state index in [1.165, 1.54) is 0 Å². The number of carbonyl (C=O) groups excluding carboxylic acids is 2. The fourth-order valence-electron chi connectivity index (χ4n) is 1.53. The summed E-state index contributed by atoms with van der Waals surface area (Å²) in [5.41, 5.74) is 0.500. The average Bonchev–Trinajstić information content (AvgIpc) is 2.48. The van der Waals surface area contributed by atoms with Crippen LogP contribution < -0.4 is 10.6 Å².